The van der Waals surface area contributed by atoms with E-state index in [1.165, 1.54) is 31.2 Å². The summed E-state index contributed by atoms with van der Waals surface area (Å²) in [5, 5.41) is 4.79. The predicted molar refractivity (Wildman–Crippen MR) is 86.0 cm³/mol. The molecule has 0 aliphatic heterocycles. The third kappa shape index (κ3) is 3.03. The summed E-state index contributed by atoms with van der Waals surface area (Å²) in [7, 11) is 0. The van der Waals surface area contributed by atoms with Crippen LogP contribution in [0.1, 0.15) is 56.3 Å². The van der Waals surface area contributed by atoms with Crippen LogP contribution in [0.2, 0.25) is 0 Å². The summed E-state index contributed by atoms with van der Waals surface area (Å²) in [6, 6.07) is 13.1. The Morgan fingerprint density at radius 3 is 2.57 bits per heavy atom. The number of rotatable bonds is 5. The van der Waals surface area contributed by atoms with Gasteiger partial charge in [0.25, 0.3) is 0 Å². The second kappa shape index (κ2) is 6.02. The minimum absolute atomic E-state index is 0.323. The normalized spacial score (nSPS) is 18.8. The van der Waals surface area contributed by atoms with Crippen molar-refractivity contribution in [2.75, 3.05) is 0 Å². The van der Waals surface area contributed by atoms with Gasteiger partial charge in [-0.05, 0) is 30.9 Å². The summed E-state index contributed by atoms with van der Waals surface area (Å²) >= 11 is 0. The first-order chi connectivity index (χ1) is 10.2. The van der Waals surface area contributed by atoms with E-state index in [0.717, 1.165) is 18.5 Å². The first-order valence-corrected chi connectivity index (χ1v) is 8.10. The zero-order valence-corrected chi connectivity index (χ0v) is 12.8. The summed E-state index contributed by atoms with van der Waals surface area (Å²) in [4.78, 5) is 0. The van der Waals surface area contributed by atoms with Gasteiger partial charge in [-0.2, -0.15) is 5.10 Å². The van der Waals surface area contributed by atoms with Gasteiger partial charge in [-0.1, -0.05) is 50.1 Å². The first kappa shape index (κ1) is 14.3. The lowest BCUT2D eigenvalue weighted by molar-refractivity contribution is 0.409. The van der Waals surface area contributed by atoms with Crippen LogP contribution >= 0.6 is 0 Å². The van der Waals surface area contributed by atoms with Crippen LogP contribution in [0.3, 0.4) is 0 Å². The summed E-state index contributed by atoms with van der Waals surface area (Å²) in [5.74, 6) is 0. The van der Waals surface area contributed by atoms with Gasteiger partial charge < -0.3 is 5.73 Å². The van der Waals surface area contributed by atoms with E-state index in [0.29, 0.717) is 6.04 Å². The topological polar surface area (TPSA) is 43.8 Å². The Morgan fingerprint density at radius 1 is 1.19 bits per heavy atom. The van der Waals surface area contributed by atoms with Gasteiger partial charge in [-0.25, -0.2) is 0 Å². The summed E-state index contributed by atoms with van der Waals surface area (Å²) in [5.41, 5.74) is 8.64. The molecular weight excluding hydrogens is 258 g/mol. The molecule has 0 amide bonds. The molecule has 3 nitrogen and oxygen atoms in total. The summed E-state index contributed by atoms with van der Waals surface area (Å²) in [6.07, 6.45) is 9.04. The largest absolute Gasteiger partial charge is 0.321 e. The highest BCUT2D eigenvalue weighted by atomic mass is 15.3. The van der Waals surface area contributed by atoms with Crippen molar-refractivity contribution in [1.82, 2.24) is 9.78 Å². The third-order valence-electron chi connectivity index (χ3n) is 4.84. The Balaban J connectivity index is 1.78. The van der Waals surface area contributed by atoms with E-state index in [1.54, 1.807) is 0 Å². The Bertz CT molecular complexity index is 569. The molecule has 0 saturated heterocycles. The Labute approximate surface area is 127 Å². The molecule has 0 bridgehead atoms. The van der Waals surface area contributed by atoms with Gasteiger partial charge in [0.2, 0.25) is 0 Å². The highest BCUT2D eigenvalue weighted by Gasteiger charge is 2.27. The average molecular weight is 283 g/mol. The molecule has 1 aromatic heterocycles. The monoisotopic (exact) mass is 283 g/mol. The Morgan fingerprint density at radius 2 is 1.90 bits per heavy atom. The molecule has 1 heterocycles. The molecule has 3 heteroatoms. The quantitative estimate of drug-likeness (QED) is 0.907. The van der Waals surface area contributed by atoms with Crippen LogP contribution in [0, 0.1) is 0 Å². The molecule has 1 aliphatic rings. The molecule has 21 heavy (non-hydrogen) atoms. The third-order valence-corrected chi connectivity index (χ3v) is 4.84. The molecule has 1 fully saturated rings. The van der Waals surface area contributed by atoms with Crippen molar-refractivity contribution in [3.63, 3.8) is 0 Å². The lowest BCUT2D eigenvalue weighted by Gasteiger charge is -2.28. The average Bonchev–Trinajstić information content (AvgIpc) is 3.19. The van der Waals surface area contributed by atoms with Crippen molar-refractivity contribution in [1.29, 1.82) is 0 Å². The van der Waals surface area contributed by atoms with Gasteiger partial charge in [-0.15, -0.1) is 0 Å². The minimum Gasteiger partial charge on any atom is -0.321 e. The number of nitrogens with zero attached hydrogens (tertiary/aromatic N) is 2. The maximum absolute atomic E-state index is 6.66. The molecule has 1 aliphatic carbocycles. The molecule has 1 aromatic carbocycles. The Kier molecular flexibility index (Phi) is 4.11. The number of aromatic nitrogens is 2. The van der Waals surface area contributed by atoms with Crippen LogP contribution < -0.4 is 5.73 Å². The van der Waals surface area contributed by atoms with Crippen LogP contribution in [-0.2, 0) is 12.0 Å². The molecule has 1 atom stereocenters. The summed E-state index contributed by atoms with van der Waals surface area (Å²) in [6.45, 7) is 2.15. The van der Waals surface area contributed by atoms with Crippen molar-refractivity contribution in [2.24, 2.45) is 5.73 Å². The molecule has 0 radical (unpaired) electrons. The van der Waals surface area contributed by atoms with E-state index < -0.39 is 0 Å². The Hall–Kier alpha value is -1.61. The van der Waals surface area contributed by atoms with Gasteiger partial charge in [0.1, 0.15) is 0 Å². The van der Waals surface area contributed by atoms with Gasteiger partial charge in [0.15, 0.2) is 0 Å². The lowest BCUT2D eigenvalue weighted by Crippen LogP contribution is -2.38. The van der Waals surface area contributed by atoms with Crippen LogP contribution in [0.15, 0.2) is 42.6 Å². The van der Waals surface area contributed by atoms with Gasteiger partial charge in [0, 0.05) is 18.2 Å². The van der Waals surface area contributed by atoms with Crippen molar-refractivity contribution < 1.29 is 0 Å². The molecule has 0 spiro atoms. The lowest BCUT2D eigenvalue weighted by atomic mass is 9.84. The molecule has 112 valence electrons. The highest BCUT2D eigenvalue weighted by molar-refractivity contribution is 5.26. The SMILES string of the molecule is CCC(N)(Cc1ccn(C2CCCC2)n1)c1ccccc1. The molecule has 3 rings (SSSR count). The standard InChI is InChI=1S/C18H25N3/c1-2-18(19,15-8-4-3-5-9-15)14-16-12-13-21(20-16)17-10-6-7-11-17/h3-5,8-9,12-13,17H,2,6-7,10-11,14,19H2,1H3. The zero-order chi connectivity index (χ0) is 14.7. The number of hydrogen-bond acceptors (Lipinski definition) is 2. The number of nitrogens with two attached hydrogens (primary N) is 1. The van der Waals surface area contributed by atoms with E-state index in [4.69, 9.17) is 10.8 Å². The number of benzene rings is 1. The van der Waals surface area contributed by atoms with Crippen LogP contribution in [0.4, 0.5) is 0 Å². The second-order valence-electron chi connectivity index (χ2n) is 6.28. The van der Waals surface area contributed by atoms with Crippen molar-refractivity contribution >= 4 is 0 Å². The fourth-order valence-corrected chi connectivity index (χ4v) is 3.37. The van der Waals surface area contributed by atoms with E-state index in [2.05, 4.69) is 48.1 Å². The van der Waals surface area contributed by atoms with Crippen LogP contribution in [0.5, 0.6) is 0 Å². The van der Waals surface area contributed by atoms with E-state index in [1.807, 2.05) is 6.07 Å². The predicted octanol–water partition coefficient (Wildman–Crippen LogP) is 3.80. The van der Waals surface area contributed by atoms with Crippen molar-refractivity contribution in [3.8, 4) is 0 Å². The molecule has 2 aromatic rings. The summed E-state index contributed by atoms with van der Waals surface area (Å²) < 4.78 is 2.16. The maximum atomic E-state index is 6.66. The van der Waals surface area contributed by atoms with Crippen molar-refractivity contribution in [2.45, 2.75) is 57.0 Å². The fourth-order valence-electron chi connectivity index (χ4n) is 3.37. The fraction of sp³-hybridized carbons (Fsp3) is 0.500. The maximum Gasteiger partial charge on any atom is 0.0646 e. The second-order valence-corrected chi connectivity index (χ2v) is 6.28. The van der Waals surface area contributed by atoms with E-state index in [9.17, 15) is 0 Å². The van der Waals surface area contributed by atoms with E-state index >= 15 is 0 Å². The molecule has 1 saturated carbocycles. The molecule has 2 N–H and O–H groups in total. The van der Waals surface area contributed by atoms with Gasteiger partial charge >= 0.3 is 0 Å². The van der Waals surface area contributed by atoms with Gasteiger partial charge in [-0.3, -0.25) is 4.68 Å². The zero-order valence-electron chi connectivity index (χ0n) is 12.8. The van der Waals surface area contributed by atoms with E-state index in [-0.39, 0.29) is 5.54 Å². The van der Waals surface area contributed by atoms with Crippen LogP contribution in [-0.4, -0.2) is 9.78 Å². The smallest absolute Gasteiger partial charge is 0.0646 e. The van der Waals surface area contributed by atoms with Crippen molar-refractivity contribution in [3.05, 3.63) is 53.9 Å². The first-order valence-electron chi connectivity index (χ1n) is 8.10. The minimum atomic E-state index is -0.323. The van der Waals surface area contributed by atoms with Crippen LogP contribution in [0.25, 0.3) is 0 Å². The van der Waals surface area contributed by atoms with Gasteiger partial charge in [0.05, 0.1) is 11.7 Å². The number of hydrogen-bond donors (Lipinski definition) is 1. The molecular formula is C18H25N3. The molecule has 1 unspecified atom stereocenters. The highest BCUT2D eigenvalue weighted by Crippen LogP contribution is 2.30.